The summed E-state index contributed by atoms with van der Waals surface area (Å²) in [6.07, 6.45) is 3.30. The molecular formula is C25H24ClN3O3. The van der Waals surface area contributed by atoms with Gasteiger partial charge in [-0.1, -0.05) is 23.7 Å². The third-order valence-corrected chi connectivity index (χ3v) is 7.18. The molecule has 1 saturated heterocycles. The van der Waals surface area contributed by atoms with Gasteiger partial charge in [0, 0.05) is 48.3 Å². The number of nitrogens with one attached hydrogen (secondary N) is 1. The standard InChI is InChI=1S/C25H24ClN3O3/c1-15-12-21-22(16(2)23(15)26)20(30)14-25(32-21)7-10-29(11-8-25)24(31)18-5-3-4-17(13-18)19-6-9-27-28-19/h3-6,9,12-13H,7-8,10-11,14H2,1-2H3,(H,27,28). The van der Waals surface area contributed by atoms with Crippen LogP contribution in [0.15, 0.2) is 42.6 Å². The van der Waals surface area contributed by atoms with Gasteiger partial charge in [-0.2, -0.15) is 5.10 Å². The van der Waals surface area contributed by atoms with Gasteiger partial charge in [-0.15, -0.1) is 0 Å². The molecule has 164 valence electrons. The SMILES string of the molecule is Cc1cc2c(c(C)c1Cl)C(=O)CC1(CCN(C(=O)c3cccc(-c4cc[nH]n4)c3)CC1)O2. The first kappa shape index (κ1) is 20.8. The van der Waals surface area contributed by atoms with E-state index in [1.165, 1.54) is 0 Å². The van der Waals surface area contributed by atoms with E-state index in [4.69, 9.17) is 16.3 Å². The Bertz CT molecular complexity index is 1210. The molecule has 0 radical (unpaired) electrons. The van der Waals surface area contributed by atoms with Crippen molar-refractivity contribution in [3.05, 3.63) is 69.9 Å². The summed E-state index contributed by atoms with van der Waals surface area (Å²) in [6.45, 7) is 4.87. The van der Waals surface area contributed by atoms with E-state index >= 15 is 0 Å². The minimum absolute atomic E-state index is 0.0155. The zero-order valence-corrected chi connectivity index (χ0v) is 18.8. The average molecular weight is 450 g/mol. The molecule has 2 aromatic carbocycles. The number of halogens is 1. The number of aryl methyl sites for hydroxylation is 1. The maximum atomic E-state index is 13.2. The summed E-state index contributed by atoms with van der Waals surface area (Å²) in [5, 5.41) is 7.61. The molecule has 6 nitrogen and oxygen atoms in total. The molecule has 1 aromatic heterocycles. The van der Waals surface area contributed by atoms with Crippen LogP contribution < -0.4 is 4.74 Å². The van der Waals surface area contributed by atoms with Crippen molar-refractivity contribution in [3.63, 3.8) is 0 Å². The number of amides is 1. The van der Waals surface area contributed by atoms with Gasteiger partial charge in [-0.25, -0.2) is 0 Å². The number of carbonyl (C=O) groups excluding carboxylic acids is 2. The number of likely N-dealkylation sites (tertiary alicyclic amines) is 1. The molecule has 3 aromatic rings. The van der Waals surface area contributed by atoms with Crippen LogP contribution in [0, 0.1) is 13.8 Å². The molecule has 0 saturated carbocycles. The van der Waals surface area contributed by atoms with Crippen molar-refractivity contribution in [2.75, 3.05) is 13.1 Å². The molecule has 0 aliphatic carbocycles. The average Bonchev–Trinajstić information content (AvgIpc) is 3.32. The fourth-order valence-electron chi connectivity index (χ4n) is 4.81. The highest BCUT2D eigenvalue weighted by molar-refractivity contribution is 6.32. The fraction of sp³-hybridized carbons (Fsp3) is 0.320. The number of H-pyrrole nitrogens is 1. The second-order valence-electron chi connectivity index (χ2n) is 8.72. The van der Waals surface area contributed by atoms with Crippen LogP contribution in [0.25, 0.3) is 11.3 Å². The quantitative estimate of drug-likeness (QED) is 0.598. The van der Waals surface area contributed by atoms with Gasteiger partial charge in [0.25, 0.3) is 5.91 Å². The van der Waals surface area contributed by atoms with Crippen molar-refractivity contribution in [2.24, 2.45) is 0 Å². The molecule has 2 aliphatic rings. The minimum atomic E-state index is -0.565. The number of piperidine rings is 1. The monoisotopic (exact) mass is 449 g/mol. The van der Waals surface area contributed by atoms with E-state index < -0.39 is 5.60 Å². The number of carbonyl (C=O) groups is 2. The number of nitrogens with zero attached hydrogens (tertiary/aromatic N) is 2. The topological polar surface area (TPSA) is 75.3 Å². The van der Waals surface area contributed by atoms with Crippen LogP contribution in [0.1, 0.15) is 51.1 Å². The van der Waals surface area contributed by atoms with E-state index in [1.54, 1.807) is 6.20 Å². The van der Waals surface area contributed by atoms with E-state index in [9.17, 15) is 9.59 Å². The molecule has 1 spiro atoms. The fourth-order valence-corrected chi connectivity index (χ4v) is 4.96. The predicted molar refractivity (Wildman–Crippen MR) is 122 cm³/mol. The molecule has 7 heteroatoms. The number of ketones is 1. The van der Waals surface area contributed by atoms with Crippen LogP contribution >= 0.6 is 11.6 Å². The Hall–Kier alpha value is -3.12. The summed E-state index contributed by atoms with van der Waals surface area (Å²) in [7, 11) is 0. The van der Waals surface area contributed by atoms with Gasteiger partial charge in [-0.05, 0) is 49.2 Å². The number of Topliss-reactive ketones (excluding diaryl/α,β-unsaturated/α-hetero) is 1. The summed E-state index contributed by atoms with van der Waals surface area (Å²) in [5.41, 5.74) is 4.05. The third kappa shape index (κ3) is 3.48. The highest BCUT2D eigenvalue weighted by atomic mass is 35.5. The number of benzene rings is 2. The first-order valence-electron chi connectivity index (χ1n) is 10.8. The van der Waals surface area contributed by atoms with E-state index in [1.807, 2.05) is 55.1 Å². The zero-order valence-electron chi connectivity index (χ0n) is 18.1. The molecular weight excluding hydrogens is 426 g/mol. The number of hydrogen-bond acceptors (Lipinski definition) is 4. The lowest BCUT2D eigenvalue weighted by molar-refractivity contribution is -0.00580. The number of ether oxygens (including phenoxy) is 1. The van der Waals surface area contributed by atoms with E-state index in [0.717, 1.165) is 22.4 Å². The van der Waals surface area contributed by atoms with Gasteiger partial charge in [0.05, 0.1) is 17.7 Å². The van der Waals surface area contributed by atoms with Crippen LogP contribution in [-0.4, -0.2) is 45.5 Å². The van der Waals surface area contributed by atoms with Crippen molar-refractivity contribution in [1.82, 2.24) is 15.1 Å². The van der Waals surface area contributed by atoms with Crippen molar-refractivity contribution < 1.29 is 14.3 Å². The molecule has 1 N–H and O–H groups in total. The Balaban J connectivity index is 1.33. The Kier molecular flexibility index (Phi) is 5.05. The number of rotatable bonds is 2. The summed E-state index contributed by atoms with van der Waals surface area (Å²) in [5.74, 6) is 0.669. The van der Waals surface area contributed by atoms with Crippen LogP contribution in [0.2, 0.25) is 5.02 Å². The maximum absolute atomic E-state index is 13.2. The molecule has 0 unspecified atom stereocenters. The van der Waals surface area contributed by atoms with Gasteiger partial charge in [0.1, 0.15) is 11.4 Å². The second-order valence-corrected chi connectivity index (χ2v) is 9.10. The largest absolute Gasteiger partial charge is 0.486 e. The molecule has 1 amide bonds. The highest BCUT2D eigenvalue weighted by Gasteiger charge is 2.44. The van der Waals surface area contributed by atoms with Crippen molar-refractivity contribution >= 4 is 23.3 Å². The molecule has 3 heterocycles. The van der Waals surface area contributed by atoms with Crippen molar-refractivity contribution in [3.8, 4) is 17.0 Å². The van der Waals surface area contributed by atoms with E-state index in [0.29, 0.717) is 54.3 Å². The Labute approximate surface area is 191 Å². The van der Waals surface area contributed by atoms with Gasteiger partial charge >= 0.3 is 0 Å². The zero-order chi connectivity index (χ0) is 22.5. The molecule has 2 aliphatic heterocycles. The number of fused-ring (bicyclic) bond motifs is 1. The molecule has 1 fully saturated rings. The van der Waals surface area contributed by atoms with Crippen LogP contribution in [0.5, 0.6) is 5.75 Å². The summed E-state index contributed by atoms with van der Waals surface area (Å²) in [6, 6.07) is 11.2. The highest BCUT2D eigenvalue weighted by Crippen LogP contribution is 2.43. The normalized spacial score (nSPS) is 17.2. The Morgan fingerprint density at radius 2 is 1.97 bits per heavy atom. The van der Waals surface area contributed by atoms with Crippen molar-refractivity contribution in [1.29, 1.82) is 0 Å². The second kappa shape index (κ2) is 7.78. The van der Waals surface area contributed by atoms with Crippen molar-refractivity contribution in [2.45, 2.75) is 38.7 Å². The van der Waals surface area contributed by atoms with Gasteiger partial charge in [-0.3, -0.25) is 14.7 Å². The number of hydrogen-bond donors (Lipinski definition) is 1. The number of aromatic nitrogens is 2. The molecule has 0 atom stereocenters. The first-order valence-corrected chi connectivity index (χ1v) is 11.2. The first-order chi connectivity index (χ1) is 15.4. The lowest BCUT2D eigenvalue weighted by Gasteiger charge is -2.44. The summed E-state index contributed by atoms with van der Waals surface area (Å²) >= 11 is 6.36. The van der Waals surface area contributed by atoms with E-state index in [2.05, 4.69) is 10.2 Å². The van der Waals surface area contributed by atoms with Crippen LogP contribution in [0.3, 0.4) is 0 Å². The number of aromatic amines is 1. The van der Waals surface area contributed by atoms with Gasteiger partial charge in [0.15, 0.2) is 5.78 Å². The Morgan fingerprint density at radius 3 is 2.69 bits per heavy atom. The van der Waals surface area contributed by atoms with Gasteiger partial charge in [0.2, 0.25) is 0 Å². The third-order valence-electron chi connectivity index (χ3n) is 6.60. The molecule has 32 heavy (non-hydrogen) atoms. The molecule has 5 rings (SSSR count). The maximum Gasteiger partial charge on any atom is 0.253 e. The van der Waals surface area contributed by atoms with Crippen LogP contribution in [0.4, 0.5) is 0 Å². The van der Waals surface area contributed by atoms with Crippen LogP contribution in [-0.2, 0) is 0 Å². The Morgan fingerprint density at radius 1 is 1.19 bits per heavy atom. The molecule has 0 bridgehead atoms. The summed E-state index contributed by atoms with van der Waals surface area (Å²) in [4.78, 5) is 28.0. The minimum Gasteiger partial charge on any atom is -0.486 e. The lowest BCUT2D eigenvalue weighted by atomic mass is 9.81. The lowest BCUT2D eigenvalue weighted by Crippen LogP contribution is -2.52. The van der Waals surface area contributed by atoms with Gasteiger partial charge < -0.3 is 9.64 Å². The summed E-state index contributed by atoms with van der Waals surface area (Å²) < 4.78 is 6.42. The van der Waals surface area contributed by atoms with E-state index in [-0.39, 0.29) is 11.7 Å². The smallest absolute Gasteiger partial charge is 0.253 e. The predicted octanol–water partition coefficient (Wildman–Crippen LogP) is 4.99.